The van der Waals surface area contributed by atoms with Gasteiger partial charge in [0.25, 0.3) is 0 Å². The molecule has 0 radical (unpaired) electrons. The SMILES string of the molecule is Cc1nscc1S(C)(=O)=O. The van der Waals surface area contributed by atoms with Crippen molar-refractivity contribution < 1.29 is 8.42 Å². The molecular weight excluding hydrogens is 170 g/mol. The van der Waals surface area contributed by atoms with Crippen LogP contribution in [0.15, 0.2) is 10.3 Å². The Balaban J connectivity index is 3.32. The molecule has 0 N–H and O–H groups in total. The summed E-state index contributed by atoms with van der Waals surface area (Å²) in [6.45, 7) is 1.69. The molecular formula is C5H7NO2S2. The Morgan fingerprint density at radius 2 is 2.20 bits per heavy atom. The van der Waals surface area contributed by atoms with Crippen LogP contribution in [0.4, 0.5) is 0 Å². The molecule has 1 heterocycles. The molecule has 3 nitrogen and oxygen atoms in total. The van der Waals surface area contributed by atoms with E-state index in [4.69, 9.17) is 0 Å². The van der Waals surface area contributed by atoms with E-state index in [1.165, 1.54) is 6.26 Å². The largest absolute Gasteiger partial charge is 0.224 e. The smallest absolute Gasteiger partial charge is 0.178 e. The maximum atomic E-state index is 10.9. The molecule has 0 amide bonds. The minimum Gasteiger partial charge on any atom is -0.224 e. The Hall–Kier alpha value is -0.420. The van der Waals surface area contributed by atoms with Crippen molar-refractivity contribution in [3.05, 3.63) is 11.1 Å². The Bertz CT molecular complexity index is 325. The van der Waals surface area contributed by atoms with Crippen molar-refractivity contribution in [2.75, 3.05) is 6.26 Å². The summed E-state index contributed by atoms with van der Waals surface area (Å²) >= 11 is 1.16. The molecule has 0 unspecified atom stereocenters. The van der Waals surface area contributed by atoms with E-state index in [0.717, 1.165) is 11.5 Å². The highest BCUT2D eigenvalue weighted by atomic mass is 32.2. The lowest BCUT2D eigenvalue weighted by Gasteiger charge is -1.90. The molecule has 56 valence electrons. The summed E-state index contributed by atoms with van der Waals surface area (Å²) in [5, 5.41) is 1.55. The molecule has 0 aromatic carbocycles. The zero-order valence-electron chi connectivity index (χ0n) is 5.66. The van der Waals surface area contributed by atoms with Crippen molar-refractivity contribution in [3.63, 3.8) is 0 Å². The molecule has 1 rings (SSSR count). The molecule has 0 aliphatic rings. The second-order valence-corrected chi connectivity index (χ2v) is 4.65. The van der Waals surface area contributed by atoms with Gasteiger partial charge in [-0.2, -0.15) is 4.37 Å². The summed E-state index contributed by atoms with van der Waals surface area (Å²) in [6, 6.07) is 0. The molecule has 0 saturated carbocycles. The Kier molecular flexibility index (Phi) is 1.78. The van der Waals surface area contributed by atoms with Crippen LogP contribution in [0.5, 0.6) is 0 Å². The Morgan fingerprint density at radius 1 is 1.60 bits per heavy atom. The number of hydrogen-bond donors (Lipinski definition) is 0. The van der Waals surface area contributed by atoms with Crippen LogP contribution in [-0.4, -0.2) is 19.0 Å². The van der Waals surface area contributed by atoms with E-state index in [0.29, 0.717) is 10.6 Å². The third kappa shape index (κ3) is 1.35. The first-order chi connectivity index (χ1) is 4.52. The fourth-order valence-electron chi connectivity index (χ4n) is 0.639. The van der Waals surface area contributed by atoms with E-state index >= 15 is 0 Å². The average Bonchev–Trinajstić information content (AvgIpc) is 2.11. The predicted octanol–water partition coefficient (Wildman–Crippen LogP) is 0.855. The Labute approximate surface area is 63.8 Å². The van der Waals surface area contributed by atoms with E-state index in [1.54, 1.807) is 12.3 Å². The standard InChI is InChI=1S/C5H7NO2S2/c1-4-5(3-9-6-4)10(2,7)8/h3H,1-2H3. The van der Waals surface area contributed by atoms with Gasteiger partial charge < -0.3 is 0 Å². The van der Waals surface area contributed by atoms with Crippen molar-refractivity contribution in [3.8, 4) is 0 Å². The predicted molar refractivity (Wildman–Crippen MR) is 40.0 cm³/mol. The van der Waals surface area contributed by atoms with Crippen LogP contribution >= 0.6 is 11.5 Å². The quantitative estimate of drug-likeness (QED) is 0.639. The summed E-state index contributed by atoms with van der Waals surface area (Å²) in [5.74, 6) is 0. The van der Waals surface area contributed by atoms with Gasteiger partial charge in [-0.25, -0.2) is 8.42 Å². The summed E-state index contributed by atoms with van der Waals surface area (Å²) in [6.07, 6.45) is 1.18. The third-order valence-corrected chi connectivity index (χ3v) is 3.19. The fourth-order valence-corrected chi connectivity index (χ4v) is 2.68. The van der Waals surface area contributed by atoms with Crippen molar-refractivity contribution in [1.29, 1.82) is 0 Å². The first-order valence-corrected chi connectivity index (χ1v) is 5.35. The zero-order chi connectivity index (χ0) is 7.78. The van der Waals surface area contributed by atoms with Gasteiger partial charge in [0.15, 0.2) is 9.84 Å². The lowest BCUT2D eigenvalue weighted by molar-refractivity contribution is 0.601. The number of aryl methyl sites for hydroxylation is 1. The fraction of sp³-hybridized carbons (Fsp3) is 0.400. The van der Waals surface area contributed by atoms with Crippen molar-refractivity contribution >= 4 is 21.4 Å². The van der Waals surface area contributed by atoms with Gasteiger partial charge in [0.1, 0.15) is 4.90 Å². The van der Waals surface area contributed by atoms with Crippen LogP contribution in [0.1, 0.15) is 5.69 Å². The van der Waals surface area contributed by atoms with E-state index in [9.17, 15) is 8.42 Å². The van der Waals surface area contributed by atoms with Gasteiger partial charge in [-0.05, 0) is 18.5 Å². The first kappa shape index (κ1) is 7.68. The van der Waals surface area contributed by atoms with Crippen LogP contribution in [0.3, 0.4) is 0 Å². The van der Waals surface area contributed by atoms with E-state index in [2.05, 4.69) is 4.37 Å². The second kappa shape index (κ2) is 2.32. The van der Waals surface area contributed by atoms with Crippen LogP contribution in [0.25, 0.3) is 0 Å². The summed E-state index contributed by atoms with van der Waals surface area (Å²) in [5.41, 5.74) is 0.590. The highest BCUT2D eigenvalue weighted by Gasteiger charge is 2.11. The van der Waals surface area contributed by atoms with Crippen LogP contribution in [-0.2, 0) is 9.84 Å². The van der Waals surface area contributed by atoms with Crippen LogP contribution in [0.2, 0.25) is 0 Å². The minimum absolute atomic E-state index is 0.345. The normalized spacial score (nSPS) is 11.8. The molecule has 0 aliphatic heterocycles. The number of rotatable bonds is 1. The van der Waals surface area contributed by atoms with E-state index in [-0.39, 0.29) is 0 Å². The van der Waals surface area contributed by atoms with Gasteiger partial charge in [-0.3, -0.25) is 0 Å². The van der Waals surface area contributed by atoms with Crippen molar-refractivity contribution in [2.24, 2.45) is 0 Å². The van der Waals surface area contributed by atoms with Crippen LogP contribution < -0.4 is 0 Å². The number of nitrogens with zero attached hydrogens (tertiary/aromatic N) is 1. The van der Waals surface area contributed by atoms with E-state index in [1.807, 2.05) is 0 Å². The molecule has 0 fully saturated rings. The first-order valence-electron chi connectivity index (χ1n) is 2.63. The minimum atomic E-state index is -3.04. The highest BCUT2D eigenvalue weighted by Crippen LogP contribution is 2.14. The summed E-state index contributed by atoms with van der Waals surface area (Å²) in [7, 11) is -3.04. The van der Waals surface area contributed by atoms with Gasteiger partial charge >= 0.3 is 0 Å². The third-order valence-electron chi connectivity index (χ3n) is 1.11. The van der Waals surface area contributed by atoms with Crippen LogP contribution in [0, 0.1) is 6.92 Å². The van der Waals surface area contributed by atoms with E-state index < -0.39 is 9.84 Å². The highest BCUT2D eigenvalue weighted by molar-refractivity contribution is 7.90. The van der Waals surface area contributed by atoms with Crippen molar-refractivity contribution in [2.45, 2.75) is 11.8 Å². The monoisotopic (exact) mass is 177 g/mol. The van der Waals surface area contributed by atoms with Gasteiger partial charge in [-0.1, -0.05) is 0 Å². The molecule has 0 atom stereocenters. The maximum Gasteiger partial charge on any atom is 0.178 e. The van der Waals surface area contributed by atoms with Gasteiger partial charge in [-0.15, -0.1) is 0 Å². The Morgan fingerprint density at radius 3 is 2.40 bits per heavy atom. The molecule has 10 heavy (non-hydrogen) atoms. The van der Waals surface area contributed by atoms with Gasteiger partial charge in [0.05, 0.1) is 5.69 Å². The summed E-state index contributed by atoms with van der Waals surface area (Å²) in [4.78, 5) is 0.345. The second-order valence-electron chi connectivity index (χ2n) is 2.04. The number of sulfone groups is 1. The molecule has 0 bridgehead atoms. The molecule has 1 aromatic heterocycles. The van der Waals surface area contributed by atoms with Gasteiger partial charge in [0, 0.05) is 11.6 Å². The molecule has 0 aliphatic carbocycles. The topological polar surface area (TPSA) is 47.0 Å². The maximum absolute atomic E-state index is 10.9. The molecule has 0 saturated heterocycles. The lowest BCUT2D eigenvalue weighted by atomic mass is 10.5. The number of aromatic nitrogens is 1. The molecule has 1 aromatic rings. The average molecular weight is 177 g/mol. The lowest BCUT2D eigenvalue weighted by Crippen LogP contribution is -1.96. The zero-order valence-corrected chi connectivity index (χ0v) is 7.29. The van der Waals surface area contributed by atoms with Gasteiger partial charge in [0.2, 0.25) is 0 Å². The molecule has 5 heteroatoms. The number of hydrogen-bond acceptors (Lipinski definition) is 4. The van der Waals surface area contributed by atoms with Crippen molar-refractivity contribution in [1.82, 2.24) is 4.37 Å². The molecule has 0 spiro atoms. The summed E-state index contributed by atoms with van der Waals surface area (Å²) < 4.78 is 25.6.